The Kier molecular flexibility index (Phi) is 2.42. The van der Waals surface area contributed by atoms with Gasteiger partial charge in [0.15, 0.2) is 0 Å². The lowest BCUT2D eigenvalue weighted by Crippen LogP contribution is -1.87. The van der Waals surface area contributed by atoms with E-state index in [1.54, 1.807) is 12.1 Å². The lowest BCUT2D eigenvalue weighted by atomic mass is 10.1. The number of benzene rings is 1. The predicted molar refractivity (Wildman–Crippen MR) is 45.0 cm³/mol. The summed E-state index contributed by atoms with van der Waals surface area (Å²) in [5, 5.41) is 0. The molecule has 0 nitrogen and oxygen atoms in total. The van der Waals surface area contributed by atoms with E-state index in [0.717, 1.165) is 17.5 Å². The Bertz CT molecular complexity index is 264. The van der Waals surface area contributed by atoms with Gasteiger partial charge in [-0.05, 0) is 36.6 Å². The van der Waals surface area contributed by atoms with Gasteiger partial charge >= 0.3 is 0 Å². The molecule has 1 rings (SSSR count). The average molecular weight is 150 g/mol. The Morgan fingerprint density at radius 2 is 2.27 bits per heavy atom. The summed E-state index contributed by atoms with van der Waals surface area (Å²) < 4.78 is 12.6. The summed E-state index contributed by atoms with van der Waals surface area (Å²) in [4.78, 5) is 0. The van der Waals surface area contributed by atoms with Crippen molar-refractivity contribution in [3.05, 3.63) is 47.8 Å². The van der Waals surface area contributed by atoms with E-state index in [2.05, 4.69) is 6.58 Å². The average Bonchev–Trinajstić information content (AvgIpc) is 1.95. The van der Waals surface area contributed by atoms with Crippen molar-refractivity contribution in [3.63, 3.8) is 0 Å². The van der Waals surface area contributed by atoms with E-state index in [1.165, 1.54) is 6.07 Å². The van der Waals surface area contributed by atoms with Crippen LogP contribution in [0.1, 0.15) is 11.1 Å². The van der Waals surface area contributed by atoms with Crippen LogP contribution in [0, 0.1) is 12.7 Å². The molecule has 0 spiro atoms. The van der Waals surface area contributed by atoms with Gasteiger partial charge in [0.25, 0.3) is 0 Å². The van der Waals surface area contributed by atoms with Crippen LogP contribution in [0.15, 0.2) is 30.9 Å². The van der Waals surface area contributed by atoms with E-state index in [0.29, 0.717) is 0 Å². The first-order chi connectivity index (χ1) is 5.24. The van der Waals surface area contributed by atoms with Crippen LogP contribution in [0.5, 0.6) is 0 Å². The van der Waals surface area contributed by atoms with Gasteiger partial charge in [-0.2, -0.15) is 0 Å². The fourth-order valence-electron chi connectivity index (χ4n) is 1.04. The second-order valence-electron chi connectivity index (χ2n) is 2.56. The van der Waals surface area contributed by atoms with Gasteiger partial charge in [0.2, 0.25) is 0 Å². The zero-order valence-electron chi connectivity index (χ0n) is 6.60. The monoisotopic (exact) mass is 150 g/mol. The van der Waals surface area contributed by atoms with E-state index < -0.39 is 0 Å². The van der Waals surface area contributed by atoms with Crippen molar-refractivity contribution in [2.75, 3.05) is 0 Å². The van der Waals surface area contributed by atoms with Crippen LogP contribution in [0.2, 0.25) is 0 Å². The molecule has 58 valence electrons. The first-order valence-electron chi connectivity index (χ1n) is 3.60. The van der Waals surface area contributed by atoms with Crippen LogP contribution in [-0.4, -0.2) is 0 Å². The molecule has 0 aromatic heterocycles. The highest BCUT2D eigenvalue weighted by Gasteiger charge is 1.96. The molecule has 0 unspecified atom stereocenters. The normalized spacial score (nSPS) is 9.64. The summed E-state index contributed by atoms with van der Waals surface area (Å²) in [5.74, 6) is -0.171. The van der Waals surface area contributed by atoms with Gasteiger partial charge in [-0.25, -0.2) is 4.39 Å². The first kappa shape index (κ1) is 7.99. The molecular weight excluding hydrogens is 139 g/mol. The maximum atomic E-state index is 12.6. The van der Waals surface area contributed by atoms with Gasteiger partial charge in [0.05, 0.1) is 0 Å². The number of allylic oxidation sites excluding steroid dienone is 1. The van der Waals surface area contributed by atoms with Crippen LogP contribution >= 0.6 is 0 Å². The van der Waals surface area contributed by atoms with E-state index in [-0.39, 0.29) is 5.82 Å². The van der Waals surface area contributed by atoms with Crippen molar-refractivity contribution in [3.8, 4) is 0 Å². The molecule has 1 heteroatoms. The van der Waals surface area contributed by atoms with Gasteiger partial charge in [-0.15, -0.1) is 6.58 Å². The molecule has 0 saturated heterocycles. The van der Waals surface area contributed by atoms with Gasteiger partial charge in [-0.3, -0.25) is 0 Å². The third-order valence-electron chi connectivity index (χ3n) is 1.67. The van der Waals surface area contributed by atoms with Crippen LogP contribution in [0.25, 0.3) is 0 Å². The van der Waals surface area contributed by atoms with Crippen molar-refractivity contribution in [2.24, 2.45) is 0 Å². The maximum absolute atomic E-state index is 12.6. The molecule has 0 saturated carbocycles. The van der Waals surface area contributed by atoms with Crippen molar-refractivity contribution in [1.29, 1.82) is 0 Å². The third kappa shape index (κ3) is 1.90. The summed E-state index contributed by atoms with van der Waals surface area (Å²) in [6.07, 6.45) is 2.63. The molecule has 0 radical (unpaired) electrons. The molecule has 0 atom stereocenters. The van der Waals surface area contributed by atoms with Gasteiger partial charge in [-0.1, -0.05) is 12.1 Å². The minimum Gasteiger partial charge on any atom is -0.207 e. The van der Waals surface area contributed by atoms with Crippen molar-refractivity contribution in [1.82, 2.24) is 0 Å². The molecule has 0 aliphatic heterocycles. The highest BCUT2D eigenvalue weighted by Crippen LogP contribution is 2.10. The summed E-state index contributed by atoms with van der Waals surface area (Å²) in [6, 6.07) is 4.82. The molecule has 0 aliphatic rings. The molecule has 0 amide bonds. The largest absolute Gasteiger partial charge is 0.207 e. The Balaban J connectivity index is 2.98. The Morgan fingerprint density at radius 1 is 1.55 bits per heavy atom. The SMILES string of the molecule is C=CCc1ccc(F)cc1C. The molecule has 0 heterocycles. The van der Waals surface area contributed by atoms with E-state index >= 15 is 0 Å². The second-order valence-corrected chi connectivity index (χ2v) is 2.56. The summed E-state index contributed by atoms with van der Waals surface area (Å²) in [7, 11) is 0. The van der Waals surface area contributed by atoms with E-state index in [4.69, 9.17) is 0 Å². The fourth-order valence-corrected chi connectivity index (χ4v) is 1.04. The number of rotatable bonds is 2. The summed E-state index contributed by atoms with van der Waals surface area (Å²) >= 11 is 0. The Hall–Kier alpha value is -1.11. The molecule has 11 heavy (non-hydrogen) atoms. The van der Waals surface area contributed by atoms with Crippen LogP contribution in [0.4, 0.5) is 4.39 Å². The standard InChI is InChI=1S/C10H11F/c1-3-4-9-5-6-10(11)7-8(9)2/h3,5-7H,1,4H2,2H3. The smallest absolute Gasteiger partial charge is 0.123 e. The van der Waals surface area contributed by atoms with Crippen LogP contribution in [0.3, 0.4) is 0 Å². The number of hydrogen-bond acceptors (Lipinski definition) is 0. The molecule has 0 fully saturated rings. The molecule has 0 N–H and O–H groups in total. The zero-order valence-corrected chi connectivity index (χ0v) is 6.60. The number of hydrogen-bond donors (Lipinski definition) is 0. The second kappa shape index (κ2) is 3.33. The minimum absolute atomic E-state index is 0.171. The van der Waals surface area contributed by atoms with Crippen molar-refractivity contribution < 1.29 is 4.39 Å². The minimum atomic E-state index is -0.171. The first-order valence-corrected chi connectivity index (χ1v) is 3.60. The summed E-state index contributed by atoms with van der Waals surface area (Å²) in [6.45, 7) is 5.53. The van der Waals surface area contributed by atoms with Gasteiger partial charge in [0.1, 0.15) is 5.82 Å². The molecule has 1 aromatic rings. The van der Waals surface area contributed by atoms with Crippen LogP contribution < -0.4 is 0 Å². The van der Waals surface area contributed by atoms with E-state index in [1.807, 2.05) is 13.0 Å². The lowest BCUT2D eigenvalue weighted by molar-refractivity contribution is 0.626. The Labute approximate surface area is 66.4 Å². The van der Waals surface area contributed by atoms with Gasteiger partial charge < -0.3 is 0 Å². The number of aryl methyl sites for hydroxylation is 1. The molecule has 1 aromatic carbocycles. The van der Waals surface area contributed by atoms with Crippen molar-refractivity contribution in [2.45, 2.75) is 13.3 Å². The predicted octanol–water partition coefficient (Wildman–Crippen LogP) is 2.86. The van der Waals surface area contributed by atoms with Crippen LogP contribution in [-0.2, 0) is 6.42 Å². The number of halogens is 1. The van der Waals surface area contributed by atoms with Crippen molar-refractivity contribution >= 4 is 0 Å². The highest BCUT2D eigenvalue weighted by atomic mass is 19.1. The topological polar surface area (TPSA) is 0 Å². The zero-order chi connectivity index (χ0) is 8.27. The third-order valence-corrected chi connectivity index (χ3v) is 1.67. The quantitative estimate of drug-likeness (QED) is 0.569. The maximum Gasteiger partial charge on any atom is 0.123 e. The summed E-state index contributed by atoms with van der Waals surface area (Å²) in [5.41, 5.74) is 2.13. The Morgan fingerprint density at radius 3 is 2.82 bits per heavy atom. The lowest BCUT2D eigenvalue weighted by Gasteiger charge is -2.01. The van der Waals surface area contributed by atoms with E-state index in [9.17, 15) is 4.39 Å². The highest BCUT2D eigenvalue weighted by molar-refractivity contribution is 5.27. The van der Waals surface area contributed by atoms with Gasteiger partial charge in [0, 0.05) is 0 Å². The molecular formula is C10H11F. The molecule has 0 bridgehead atoms. The molecule has 0 aliphatic carbocycles. The fraction of sp³-hybridized carbons (Fsp3) is 0.200.